The van der Waals surface area contributed by atoms with Gasteiger partial charge in [-0.15, -0.1) is 11.3 Å². The van der Waals surface area contributed by atoms with Crippen LogP contribution in [0.25, 0.3) is 10.2 Å². The number of esters is 1. The lowest BCUT2D eigenvalue weighted by molar-refractivity contribution is -0.151. The standard InChI is InChI=1S/C13H12FNO3S/c1-17-13(16)7-2-9(3-7)18-10-4-8(14)5-11-12(10)15-6-19-11/h4-7,9H,2-3H2,1H3. The van der Waals surface area contributed by atoms with Crippen LogP contribution in [-0.2, 0) is 9.53 Å². The lowest BCUT2D eigenvalue weighted by atomic mass is 9.82. The van der Waals surface area contributed by atoms with Gasteiger partial charge in [-0.3, -0.25) is 4.79 Å². The number of aromatic nitrogens is 1. The molecule has 0 N–H and O–H groups in total. The van der Waals surface area contributed by atoms with Gasteiger partial charge in [0.1, 0.15) is 23.2 Å². The van der Waals surface area contributed by atoms with Crippen LogP contribution in [0.4, 0.5) is 4.39 Å². The number of fused-ring (bicyclic) bond motifs is 1. The van der Waals surface area contributed by atoms with E-state index in [0.29, 0.717) is 24.1 Å². The third-order valence-electron chi connectivity index (χ3n) is 3.29. The highest BCUT2D eigenvalue weighted by atomic mass is 32.1. The maximum atomic E-state index is 13.4. The molecule has 100 valence electrons. The molecule has 1 heterocycles. The van der Waals surface area contributed by atoms with E-state index in [2.05, 4.69) is 9.72 Å². The van der Waals surface area contributed by atoms with Crippen LogP contribution in [0.5, 0.6) is 5.75 Å². The molecule has 1 aromatic heterocycles. The second-order valence-electron chi connectivity index (χ2n) is 4.53. The summed E-state index contributed by atoms with van der Waals surface area (Å²) in [6.45, 7) is 0. The van der Waals surface area contributed by atoms with Crippen molar-refractivity contribution in [3.8, 4) is 5.75 Å². The molecule has 0 radical (unpaired) electrons. The van der Waals surface area contributed by atoms with Crippen molar-refractivity contribution in [3.05, 3.63) is 23.5 Å². The molecule has 1 saturated carbocycles. The lowest BCUT2D eigenvalue weighted by Crippen LogP contribution is -2.38. The number of carbonyl (C=O) groups is 1. The van der Waals surface area contributed by atoms with E-state index in [4.69, 9.17) is 4.74 Å². The second-order valence-corrected chi connectivity index (χ2v) is 5.42. The Labute approximate surface area is 113 Å². The molecule has 0 amide bonds. The second kappa shape index (κ2) is 4.77. The quantitative estimate of drug-likeness (QED) is 0.812. The van der Waals surface area contributed by atoms with Crippen molar-refractivity contribution in [2.75, 3.05) is 7.11 Å². The van der Waals surface area contributed by atoms with Crippen LogP contribution in [0.3, 0.4) is 0 Å². The van der Waals surface area contributed by atoms with E-state index < -0.39 is 0 Å². The first-order valence-corrected chi connectivity index (χ1v) is 6.82. The van der Waals surface area contributed by atoms with Crippen LogP contribution in [0.15, 0.2) is 17.6 Å². The van der Waals surface area contributed by atoms with E-state index in [1.54, 1.807) is 5.51 Å². The molecule has 1 aromatic carbocycles. The third kappa shape index (κ3) is 2.28. The molecule has 1 fully saturated rings. The average molecular weight is 281 g/mol. The fourth-order valence-electron chi connectivity index (χ4n) is 2.19. The Morgan fingerprint density at radius 1 is 1.47 bits per heavy atom. The van der Waals surface area contributed by atoms with E-state index in [-0.39, 0.29) is 23.8 Å². The number of halogens is 1. The Hall–Kier alpha value is -1.69. The van der Waals surface area contributed by atoms with Gasteiger partial charge in [-0.2, -0.15) is 0 Å². The molecular formula is C13H12FNO3S. The summed E-state index contributed by atoms with van der Waals surface area (Å²) in [6, 6.07) is 2.78. The van der Waals surface area contributed by atoms with E-state index >= 15 is 0 Å². The normalized spacial score (nSPS) is 22.0. The first-order chi connectivity index (χ1) is 9.17. The fourth-order valence-corrected chi connectivity index (χ4v) is 2.91. The molecular weight excluding hydrogens is 269 g/mol. The average Bonchev–Trinajstić information content (AvgIpc) is 2.80. The first-order valence-electron chi connectivity index (χ1n) is 5.94. The summed E-state index contributed by atoms with van der Waals surface area (Å²) in [5.41, 5.74) is 2.34. The minimum atomic E-state index is -0.337. The number of rotatable bonds is 3. The summed E-state index contributed by atoms with van der Waals surface area (Å²) in [5.74, 6) is -0.201. The number of hydrogen-bond acceptors (Lipinski definition) is 5. The number of benzene rings is 1. The van der Waals surface area contributed by atoms with Gasteiger partial charge in [0.25, 0.3) is 0 Å². The molecule has 0 spiro atoms. The van der Waals surface area contributed by atoms with E-state index in [1.165, 1.54) is 30.6 Å². The molecule has 1 aliphatic rings. The minimum absolute atomic E-state index is 0.0733. The van der Waals surface area contributed by atoms with Crippen molar-refractivity contribution in [1.82, 2.24) is 4.98 Å². The van der Waals surface area contributed by atoms with Crippen LogP contribution < -0.4 is 4.74 Å². The van der Waals surface area contributed by atoms with Gasteiger partial charge in [-0.1, -0.05) is 0 Å². The Morgan fingerprint density at radius 2 is 2.26 bits per heavy atom. The summed E-state index contributed by atoms with van der Waals surface area (Å²) in [6.07, 6.45) is 1.14. The summed E-state index contributed by atoms with van der Waals surface area (Å²) in [4.78, 5) is 15.4. The summed E-state index contributed by atoms with van der Waals surface area (Å²) in [7, 11) is 1.38. The molecule has 19 heavy (non-hydrogen) atoms. The van der Waals surface area contributed by atoms with E-state index in [0.717, 1.165) is 4.70 Å². The lowest BCUT2D eigenvalue weighted by Gasteiger charge is -2.33. The Morgan fingerprint density at radius 3 is 3.00 bits per heavy atom. The van der Waals surface area contributed by atoms with E-state index in [9.17, 15) is 9.18 Å². The number of methoxy groups -OCH3 is 1. The maximum absolute atomic E-state index is 13.4. The number of hydrogen-bond donors (Lipinski definition) is 0. The molecule has 1 aliphatic carbocycles. The zero-order valence-electron chi connectivity index (χ0n) is 10.3. The molecule has 4 nitrogen and oxygen atoms in total. The van der Waals surface area contributed by atoms with Gasteiger partial charge in [0.2, 0.25) is 0 Å². The smallest absolute Gasteiger partial charge is 0.308 e. The van der Waals surface area contributed by atoms with Gasteiger partial charge < -0.3 is 9.47 Å². The monoisotopic (exact) mass is 281 g/mol. The number of ether oxygens (including phenoxy) is 2. The molecule has 0 unspecified atom stereocenters. The number of carbonyl (C=O) groups excluding carboxylic acids is 1. The Bertz CT molecular complexity index is 621. The van der Waals surface area contributed by atoms with Crippen molar-refractivity contribution in [1.29, 1.82) is 0 Å². The molecule has 0 atom stereocenters. The highest BCUT2D eigenvalue weighted by Gasteiger charge is 2.37. The van der Waals surface area contributed by atoms with Gasteiger partial charge in [0, 0.05) is 6.07 Å². The number of thiazole rings is 1. The van der Waals surface area contributed by atoms with Gasteiger partial charge in [-0.05, 0) is 18.9 Å². The maximum Gasteiger partial charge on any atom is 0.308 e. The van der Waals surface area contributed by atoms with Crippen LogP contribution in [0.2, 0.25) is 0 Å². The Balaban J connectivity index is 1.73. The van der Waals surface area contributed by atoms with Crippen molar-refractivity contribution in [2.24, 2.45) is 5.92 Å². The molecule has 0 saturated heterocycles. The molecule has 3 rings (SSSR count). The molecule has 0 bridgehead atoms. The van der Waals surface area contributed by atoms with Crippen molar-refractivity contribution >= 4 is 27.5 Å². The van der Waals surface area contributed by atoms with E-state index in [1.807, 2.05) is 0 Å². The largest absolute Gasteiger partial charge is 0.488 e. The minimum Gasteiger partial charge on any atom is -0.488 e. The van der Waals surface area contributed by atoms with Crippen LogP contribution in [-0.4, -0.2) is 24.2 Å². The zero-order chi connectivity index (χ0) is 13.4. The molecule has 6 heteroatoms. The van der Waals surface area contributed by atoms with Crippen LogP contribution in [0.1, 0.15) is 12.8 Å². The van der Waals surface area contributed by atoms with Gasteiger partial charge in [0.05, 0.1) is 23.2 Å². The third-order valence-corrected chi connectivity index (χ3v) is 4.07. The summed E-state index contributed by atoms with van der Waals surface area (Å²) >= 11 is 1.37. The fraction of sp³-hybridized carbons (Fsp3) is 0.385. The number of nitrogens with zero attached hydrogens (tertiary/aromatic N) is 1. The SMILES string of the molecule is COC(=O)C1CC(Oc2cc(F)cc3scnc23)C1. The predicted molar refractivity (Wildman–Crippen MR) is 68.7 cm³/mol. The topological polar surface area (TPSA) is 48.4 Å². The predicted octanol–water partition coefficient (Wildman–Crippen LogP) is 2.77. The molecule has 0 aliphatic heterocycles. The first kappa shape index (κ1) is 12.3. The zero-order valence-corrected chi connectivity index (χ0v) is 11.1. The highest BCUT2D eigenvalue weighted by Crippen LogP contribution is 2.35. The van der Waals surface area contributed by atoms with Crippen LogP contribution in [0, 0.1) is 11.7 Å². The van der Waals surface area contributed by atoms with Gasteiger partial charge in [-0.25, -0.2) is 9.37 Å². The summed E-state index contributed by atoms with van der Waals surface area (Å²) in [5, 5.41) is 0. The van der Waals surface area contributed by atoms with Crippen LogP contribution >= 0.6 is 11.3 Å². The van der Waals surface area contributed by atoms with Crippen molar-refractivity contribution in [2.45, 2.75) is 18.9 Å². The van der Waals surface area contributed by atoms with Crippen molar-refractivity contribution < 1.29 is 18.7 Å². The molecule has 2 aromatic rings. The van der Waals surface area contributed by atoms with Gasteiger partial charge >= 0.3 is 5.97 Å². The van der Waals surface area contributed by atoms with Crippen molar-refractivity contribution in [3.63, 3.8) is 0 Å². The highest BCUT2D eigenvalue weighted by molar-refractivity contribution is 7.16. The Kier molecular flexibility index (Phi) is 3.10. The summed E-state index contributed by atoms with van der Waals surface area (Å²) < 4.78 is 24.6. The van der Waals surface area contributed by atoms with Gasteiger partial charge in [0.15, 0.2) is 0 Å².